The highest BCUT2D eigenvalue weighted by Gasteiger charge is 2.05. The van der Waals surface area contributed by atoms with Gasteiger partial charge in [0.2, 0.25) is 5.88 Å². The summed E-state index contributed by atoms with van der Waals surface area (Å²) in [7, 11) is 0. The number of rotatable bonds is 2. The summed E-state index contributed by atoms with van der Waals surface area (Å²) < 4.78 is 7.21. The van der Waals surface area contributed by atoms with Gasteiger partial charge in [0.25, 0.3) is 0 Å². The number of halogens is 2. The van der Waals surface area contributed by atoms with Gasteiger partial charge in [-0.1, -0.05) is 0 Å². The van der Waals surface area contributed by atoms with E-state index in [1.54, 1.807) is 30.5 Å². The van der Waals surface area contributed by atoms with Crippen molar-refractivity contribution in [2.75, 3.05) is 0 Å². The summed E-state index contributed by atoms with van der Waals surface area (Å²) in [6, 6.07) is 10.8. The van der Waals surface area contributed by atoms with Crippen LogP contribution >= 0.6 is 31.9 Å². The first-order valence-corrected chi connectivity index (χ1v) is 6.27. The number of hydrogen-bond donors (Lipinski definition) is 0. The van der Waals surface area contributed by atoms with E-state index in [-0.39, 0.29) is 0 Å². The van der Waals surface area contributed by atoms with E-state index in [4.69, 9.17) is 10.00 Å². The third-order valence-electron chi connectivity index (χ3n) is 1.97. The van der Waals surface area contributed by atoms with Crippen molar-refractivity contribution in [3.8, 4) is 17.7 Å². The van der Waals surface area contributed by atoms with Crippen LogP contribution in [0.3, 0.4) is 0 Å². The molecule has 1 aromatic carbocycles. The van der Waals surface area contributed by atoms with Crippen LogP contribution < -0.4 is 4.74 Å². The minimum atomic E-state index is 0.484. The van der Waals surface area contributed by atoms with Crippen molar-refractivity contribution in [3.05, 3.63) is 51.0 Å². The number of pyridine rings is 1. The van der Waals surface area contributed by atoms with Gasteiger partial charge in [0, 0.05) is 10.7 Å². The van der Waals surface area contributed by atoms with Crippen LogP contribution in [-0.2, 0) is 0 Å². The molecule has 0 radical (unpaired) electrons. The minimum absolute atomic E-state index is 0.484. The average Bonchev–Trinajstić information content (AvgIpc) is 2.34. The van der Waals surface area contributed by atoms with Crippen molar-refractivity contribution in [1.29, 1.82) is 5.26 Å². The van der Waals surface area contributed by atoms with Gasteiger partial charge in [0.15, 0.2) is 0 Å². The van der Waals surface area contributed by atoms with Crippen LogP contribution in [0.15, 0.2) is 45.5 Å². The molecule has 1 heterocycles. The summed E-state index contributed by atoms with van der Waals surface area (Å²) >= 11 is 6.68. The van der Waals surface area contributed by atoms with E-state index in [2.05, 4.69) is 42.9 Å². The van der Waals surface area contributed by atoms with Crippen LogP contribution in [0.25, 0.3) is 0 Å². The topological polar surface area (TPSA) is 45.9 Å². The Morgan fingerprint density at radius 2 is 1.88 bits per heavy atom. The summed E-state index contributed by atoms with van der Waals surface area (Å²) in [6.07, 6.45) is 1.66. The lowest BCUT2D eigenvalue weighted by molar-refractivity contribution is 0.459. The van der Waals surface area contributed by atoms with Crippen molar-refractivity contribution < 1.29 is 4.74 Å². The van der Waals surface area contributed by atoms with Crippen LogP contribution in [0.5, 0.6) is 11.6 Å². The molecule has 2 rings (SSSR count). The number of aromatic nitrogens is 1. The Labute approximate surface area is 115 Å². The van der Waals surface area contributed by atoms with Crippen LogP contribution in [0.4, 0.5) is 0 Å². The molecule has 0 aliphatic heterocycles. The van der Waals surface area contributed by atoms with Crippen molar-refractivity contribution in [1.82, 2.24) is 4.98 Å². The van der Waals surface area contributed by atoms with Gasteiger partial charge in [-0.05, 0) is 62.2 Å². The van der Waals surface area contributed by atoms with Crippen molar-refractivity contribution in [3.63, 3.8) is 0 Å². The predicted octanol–water partition coefficient (Wildman–Crippen LogP) is 4.27. The van der Waals surface area contributed by atoms with E-state index >= 15 is 0 Å². The molecule has 0 bridgehead atoms. The zero-order valence-electron chi connectivity index (χ0n) is 8.52. The molecule has 0 aliphatic rings. The molecule has 0 amide bonds. The third-order valence-corrected chi connectivity index (χ3v) is 2.97. The highest BCUT2D eigenvalue weighted by atomic mass is 79.9. The molecule has 3 nitrogen and oxygen atoms in total. The molecule has 0 unspecified atom stereocenters. The summed E-state index contributed by atoms with van der Waals surface area (Å²) in [5, 5.41) is 8.68. The van der Waals surface area contributed by atoms with E-state index < -0.39 is 0 Å². The lowest BCUT2D eigenvalue weighted by atomic mass is 10.2. The Balaban J connectivity index is 2.23. The third kappa shape index (κ3) is 3.05. The number of benzene rings is 1. The molecule has 0 atom stereocenters. The summed E-state index contributed by atoms with van der Waals surface area (Å²) in [5.74, 6) is 1.12. The van der Waals surface area contributed by atoms with Gasteiger partial charge in [0.05, 0.1) is 16.1 Å². The lowest BCUT2D eigenvalue weighted by Gasteiger charge is -2.06. The van der Waals surface area contributed by atoms with Crippen LogP contribution in [0.2, 0.25) is 0 Å². The number of nitriles is 1. The molecular formula is C12H6Br2N2O. The monoisotopic (exact) mass is 352 g/mol. The zero-order valence-corrected chi connectivity index (χ0v) is 11.7. The highest BCUT2D eigenvalue weighted by Crippen LogP contribution is 2.29. The van der Waals surface area contributed by atoms with Gasteiger partial charge in [-0.15, -0.1) is 0 Å². The van der Waals surface area contributed by atoms with Crippen molar-refractivity contribution in [2.24, 2.45) is 0 Å². The Morgan fingerprint density at radius 3 is 2.47 bits per heavy atom. The fourth-order valence-corrected chi connectivity index (χ4v) is 2.25. The molecule has 84 valence electrons. The normalized spacial score (nSPS) is 9.71. The fourth-order valence-electron chi connectivity index (χ4n) is 1.19. The standard InChI is InChI=1S/C12H6Br2N2O/c13-9-5-11(14)12(16-7-9)17-10-3-1-8(6-15)2-4-10/h1-5,7H. The Hall–Kier alpha value is -1.38. The van der Waals surface area contributed by atoms with E-state index in [1.165, 1.54) is 0 Å². The van der Waals surface area contributed by atoms with Gasteiger partial charge in [-0.2, -0.15) is 5.26 Å². The van der Waals surface area contributed by atoms with Gasteiger partial charge in [0.1, 0.15) is 5.75 Å². The first-order valence-electron chi connectivity index (χ1n) is 4.68. The molecule has 1 aromatic heterocycles. The number of hydrogen-bond acceptors (Lipinski definition) is 3. The first-order chi connectivity index (χ1) is 8.19. The van der Waals surface area contributed by atoms with Gasteiger partial charge >= 0.3 is 0 Å². The molecule has 0 aliphatic carbocycles. The van der Waals surface area contributed by atoms with E-state index in [0.29, 0.717) is 17.2 Å². The predicted molar refractivity (Wildman–Crippen MR) is 70.9 cm³/mol. The Bertz CT molecular complexity index is 576. The van der Waals surface area contributed by atoms with E-state index in [1.807, 2.05) is 6.07 Å². The summed E-state index contributed by atoms with van der Waals surface area (Å²) in [6.45, 7) is 0. The Morgan fingerprint density at radius 1 is 1.18 bits per heavy atom. The maximum absolute atomic E-state index is 8.68. The summed E-state index contributed by atoms with van der Waals surface area (Å²) in [4.78, 5) is 4.13. The molecule has 0 fully saturated rings. The maximum Gasteiger partial charge on any atom is 0.233 e. The Kier molecular flexibility index (Phi) is 3.77. The molecule has 2 aromatic rings. The largest absolute Gasteiger partial charge is 0.438 e. The second kappa shape index (κ2) is 5.30. The van der Waals surface area contributed by atoms with Crippen LogP contribution in [0.1, 0.15) is 5.56 Å². The molecular weight excluding hydrogens is 348 g/mol. The molecule has 0 spiro atoms. The first kappa shape index (κ1) is 12.1. The van der Waals surface area contributed by atoms with Crippen molar-refractivity contribution in [2.45, 2.75) is 0 Å². The van der Waals surface area contributed by atoms with Gasteiger partial charge in [-0.25, -0.2) is 4.98 Å². The highest BCUT2D eigenvalue weighted by molar-refractivity contribution is 9.11. The quantitative estimate of drug-likeness (QED) is 0.809. The average molecular weight is 354 g/mol. The summed E-state index contributed by atoms with van der Waals surface area (Å²) in [5.41, 5.74) is 0.597. The lowest BCUT2D eigenvalue weighted by Crippen LogP contribution is -1.89. The van der Waals surface area contributed by atoms with Gasteiger partial charge in [-0.3, -0.25) is 0 Å². The molecule has 0 saturated heterocycles. The van der Waals surface area contributed by atoms with E-state index in [0.717, 1.165) is 8.95 Å². The van der Waals surface area contributed by atoms with Gasteiger partial charge < -0.3 is 4.74 Å². The van der Waals surface area contributed by atoms with Crippen molar-refractivity contribution >= 4 is 31.9 Å². The fraction of sp³-hybridized carbons (Fsp3) is 0. The second-order valence-corrected chi connectivity index (χ2v) is 4.95. The number of ether oxygens (including phenoxy) is 1. The molecule has 17 heavy (non-hydrogen) atoms. The van der Waals surface area contributed by atoms with E-state index in [9.17, 15) is 0 Å². The molecule has 0 N–H and O–H groups in total. The molecule has 0 saturated carbocycles. The number of nitrogens with zero attached hydrogens (tertiary/aromatic N) is 2. The van der Waals surface area contributed by atoms with Crippen LogP contribution in [-0.4, -0.2) is 4.98 Å². The zero-order chi connectivity index (χ0) is 12.3. The van der Waals surface area contributed by atoms with Crippen LogP contribution in [0, 0.1) is 11.3 Å². The smallest absolute Gasteiger partial charge is 0.233 e. The maximum atomic E-state index is 8.68. The second-order valence-electron chi connectivity index (χ2n) is 3.18. The minimum Gasteiger partial charge on any atom is -0.438 e. The SMILES string of the molecule is N#Cc1ccc(Oc2ncc(Br)cc2Br)cc1. The molecule has 5 heteroatoms.